The number of benzene rings is 2. The van der Waals surface area contributed by atoms with Crippen LogP contribution in [0.1, 0.15) is 21.5 Å². The van der Waals surface area contributed by atoms with Crippen molar-refractivity contribution in [1.29, 1.82) is 0 Å². The topological polar surface area (TPSA) is 55.6 Å². The van der Waals surface area contributed by atoms with Crippen molar-refractivity contribution in [3.8, 4) is 17.0 Å². The van der Waals surface area contributed by atoms with E-state index >= 15 is 0 Å². The SMILES string of the molecule is Cc1ccn2cc(-c3ccc(C)c(NC(=O)c4ccc(OC(F)(F)F)cc4)c3)nc2c1. The zero-order chi connectivity index (χ0) is 22.2. The van der Waals surface area contributed by atoms with Crippen LogP contribution in [0.4, 0.5) is 18.9 Å². The number of rotatable bonds is 4. The normalized spacial score (nSPS) is 11.5. The lowest BCUT2D eigenvalue weighted by Gasteiger charge is -2.11. The van der Waals surface area contributed by atoms with E-state index in [-0.39, 0.29) is 11.3 Å². The van der Waals surface area contributed by atoms with Gasteiger partial charge in [0.1, 0.15) is 11.4 Å². The maximum absolute atomic E-state index is 12.6. The molecule has 1 amide bonds. The third kappa shape index (κ3) is 4.69. The molecular weight excluding hydrogens is 407 g/mol. The fraction of sp³-hybridized carbons (Fsp3) is 0.130. The van der Waals surface area contributed by atoms with E-state index in [0.717, 1.165) is 40.2 Å². The van der Waals surface area contributed by atoms with Crippen LogP contribution in [0, 0.1) is 13.8 Å². The number of fused-ring (bicyclic) bond motifs is 1. The second-order valence-corrected chi connectivity index (χ2v) is 7.15. The predicted octanol–water partition coefficient (Wildman–Crippen LogP) is 5.77. The smallest absolute Gasteiger partial charge is 0.406 e. The van der Waals surface area contributed by atoms with Gasteiger partial charge in [-0.05, 0) is 67.4 Å². The number of pyridine rings is 1. The molecular formula is C23H18F3N3O2. The summed E-state index contributed by atoms with van der Waals surface area (Å²) in [5.41, 5.74) is 5.16. The summed E-state index contributed by atoms with van der Waals surface area (Å²) in [7, 11) is 0. The third-order valence-electron chi connectivity index (χ3n) is 4.75. The molecule has 0 spiro atoms. The van der Waals surface area contributed by atoms with Crippen molar-refractivity contribution in [3.63, 3.8) is 0 Å². The van der Waals surface area contributed by atoms with Crippen molar-refractivity contribution in [2.75, 3.05) is 5.32 Å². The Balaban J connectivity index is 1.56. The number of ether oxygens (including phenoxy) is 1. The van der Waals surface area contributed by atoms with Crippen molar-refractivity contribution >= 4 is 17.2 Å². The molecule has 5 nitrogen and oxygen atoms in total. The number of nitrogens with one attached hydrogen (secondary N) is 1. The first kappa shape index (κ1) is 20.5. The van der Waals surface area contributed by atoms with Gasteiger partial charge in [-0.3, -0.25) is 4.79 Å². The van der Waals surface area contributed by atoms with E-state index < -0.39 is 12.3 Å². The molecule has 31 heavy (non-hydrogen) atoms. The van der Waals surface area contributed by atoms with E-state index in [4.69, 9.17) is 0 Å². The van der Waals surface area contributed by atoms with E-state index in [1.165, 1.54) is 12.1 Å². The van der Waals surface area contributed by atoms with Crippen molar-refractivity contribution in [1.82, 2.24) is 9.38 Å². The molecule has 1 N–H and O–H groups in total. The molecule has 0 saturated heterocycles. The summed E-state index contributed by atoms with van der Waals surface area (Å²) >= 11 is 0. The van der Waals surface area contributed by atoms with Gasteiger partial charge in [0.2, 0.25) is 0 Å². The molecule has 0 aliphatic carbocycles. The highest BCUT2D eigenvalue weighted by atomic mass is 19.4. The van der Waals surface area contributed by atoms with Crippen LogP contribution in [0.3, 0.4) is 0 Å². The highest BCUT2D eigenvalue weighted by molar-refractivity contribution is 6.05. The van der Waals surface area contributed by atoms with Crippen molar-refractivity contribution in [2.24, 2.45) is 0 Å². The van der Waals surface area contributed by atoms with Gasteiger partial charge in [0.15, 0.2) is 0 Å². The van der Waals surface area contributed by atoms with Crippen LogP contribution in [0.15, 0.2) is 67.0 Å². The Bertz CT molecular complexity index is 1260. The number of imidazole rings is 1. The summed E-state index contributed by atoms with van der Waals surface area (Å²) < 4.78 is 42.6. The summed E-state index contributed by atoms with van der Waals surface area (Å²) in [6.45, 7) is 3.85. The van der Waals surface area contributed by atoms with Gasteiger partial charge in [-0.1, -0.05) is 12.1 Å². The van der Waals surface area contributed by atoms with Crippen LogP contribution in [0.2, 0.25) is 0 Å². The lowest BCUT2D eigenvalue weighted by molar-refractivity contribution is -0.274. The first-order chi connectivity index (χ1) is 14.7. The van der Waals surface area contributed by atoms with Crippen LogP contribution >= 0.6 is 0 Å². The van der Waals surface area contributed by atoms with E-state index in [2.05, 4.69) is 15.0 Å². The lowest BCUT2D eigenvalue weighted by Crippen LogP contribution is -2.17. The fourth-order valence-corrected chi connectivity index (χ4v) is 3.14. The number of carbonyl (C=O) groups is 1. The van der Waals surface area contributed by atoms with E-state index in [1.807, 2.05) is 61.0 Å². The monoisotopic (exact) mass is 425 g/mol. The Morgan fingerprint density at radius 1 is 1.03 bits per heavy atom. The summed E-state index contributed by atoms with van der Waals surface area (Å²) in [4.78, 5) is 17.2. The molecule has 0 radical (unpaired) electrons. The maximum atomic E-state index is 12.6. The second-order valence-electron chi connectivity index (χ2n) is 7.15. The Kier molecular flexibility index (Phi) is 5.14. The molecule has 8 heteroatoms. The molecule has 2 aromatic heterocycles. The molecule has 0 atom stereocenters. The molecule has 2 aromatic carbocycles. The number of alkyl halides is 3. The Morgan fingerprint density at radius 3 is 2.48 bits per heavy atom. The Hall–Kier alpha value is -3.81. The summed E-state index contributed by atoms with van der Waals surface area (Å²) in [5.74, 6) is -0.825. The number of aromatic nitrogens is 2. The summed E-state index contributed by atoms with van der Waals surface area (Å²) in [6.07, 6.45) is -0.938. The quantitative estimate of drug-likeness (QED) is 0.452. The van der Waals surface area contributed by atoms with E-state index in [9.17, 15) is 18.0 Å². The Morgan fingerprint density at radius 2 is 1.77 bits per heavy atom. The van der Waals surface area contributed by atoms with Gasteiger partial charge in [0, 0.05) is 29.2 Å². The number of carbonyl (C=O) groups excluding carboxylic acids is 1. The molecule has 158 valence electrons. The number of halogens is 3. The standard InChI is InChI=1S/C23H18F3N3O2/c1-14-9-10-29-13-20(27-21(29)11-14)17-4-3-15(2)19(12-17)28-22(30)16-5-7-18(8-6-16)31-23(24,25)26/h3-13H,1-2H3,(H,28,30). The molecule has 4 rings (SSSR count). The van der Waals surface area contributed by atoms with Gasteiger partial charge in [0.05, 0.1) is 5.69 Å². The molecule has 0 aliphatic rings. The van der Waals surface area contributed by atoms with Gasteiger partial charge >= 0.3 is 6.36 Å². The van der Waals surface area contributed by atoms with Crippen LogP contribution in [-0.2, 0) is 0 Å². The van der Waals surface area contributed by atoms with E-state index in [0.29, 0.717) is 5.69 Å². The number of amides is 1. The number of hydrogen-bond donors (Lipinski definition) is 1. The first-order valence-electron chi connectivity index (χ1n) is 9.41. The highest BCUT2D eigenvalue weighted by Crippen LogP contribution is 2.27. The molecule has 0 fully saturated rings. The molecule has 0 aliphatic heterocycles. The molecule has 0 bridgehead atoms. The first-order valence-corrected chi connectivity index (χ1v) is 9.41. The van der Waals surface area contributed by atoms with Crippen molar-refractivity contribution in [3.05, 3.63) is 83.7 Å². The number of nitrogens with zero attached hydrogens (tertiary/aromatic N) is 2. The minimum atomic E-state index is -4.78. The van der Waals surface area contributed by atoms with Crippen molar-refractivity contribution < 1.29 is 22.7 Å². The minimum absolute atomic E-state index is 0.211. The van der Waals surface area contributed by atoms with Crippen LogP contribution in [-0.4, -0.2) is 21.7 Å². The molecule has 0 unspecified atom stereocenters. The van der Waals surface area contributed by atoms with Crippen LogP contribution in [0.5, 0.6) is 5.75 Å². The van der Waals surface area contributed by atoms with Gasteiger partial charge in [-0.25, -0.2) is 4.98 Å². The van der Waals surface area contributed by atoms with Gasteiger partial charge in [-0.2, -0.15) is 0 Å². The number of anilines is 1. The Labute approximate surface area is 176 Å². The second kappa shape index (κ2) is 7.79. The fourth-order valence-electron chi connectivity index (χ4n) is 3.14. The number of hydrogen-bond acceptors (Lipinski definition) is 3. The summed E-state index contributed by atoms with van der Waals surface area (Å²) in [5, 5.41) is 2.81. The van der Waals surface area contributed by atoms with E-state index in [1.54, 1.807) is 0 Å². The van der Waals surface area contributed by atoms with Crippen LogP contribution in [0.25, 0.3) is 16.9 Å². The average molecular weight is 425 g/mol. The zero-order valence-electron chi connectivity index (χ0n) is 16.7. The van der Waals surface area contributed by atoms with Gasteiger partial charge < -0.3 is 14.5 Å². The predicted molar refractivity (Wildman–Crippen MR) is 111 cm³/mol. The molecule has 4 aromatic rings. The number of aryl methyl sites for hydroxylation is 2. The molecule has 2 heterocycles. The van der Waals surface area contributed by atoms with Gasteiger partial charge in [-0.15, -0.1) is 13.2 Å². The third-order valence-corrected chi connectivity index (χ3v) is 4.75. The highest BCUT2D eigenvalue weighted by Gasteiger charge is 2.31. The minimum Gasteiger partial charge on any atom is -0.406 e. The van der Waals surface area contributed by atoms with Crippen LogP contribution < -0.4 is 10.1 Å². The van der Waals surface area contributed by atoms with Gasteiger partial charge in [0.25, 0.3) is 5.91 Å². The maximum Gasteiger partial charge on any atom is 0.573 e. The zero-order valence-corrected chi connectivity index (χ0v) is 16.7. The largest absolute Gasteiger partial charge is 0.573 e. The molecule has 0 saturated carbocycles. The lowest BCUT2D eigenvalue weighted by atomic mass is 10.1. The summed E-state index contributed by atoms with van der Waals surface area (Å²) in [6, 6.07) is 14.3. The average Bonchev–Trinajstić information content (AvgIpc) is 3.12. The van der Waals surface area contributed by atoms with Crippen molar-refractivity contribution in [2.45, 2.75) is 20.2 Å².